The molecule has 6 rings (SSSR count). The van der Waals surface area contributed by atoms with Gasteiger partial charge < -0.3 is 21.7 Å². The molecule has 0 saturated heterocycles. The van der Waals surface area contributed by atoms with Crippen molar-refractivity contribution < 1.29 is 48.2 Å². The van der Waals surface area contributed by atoms with Gasteiger partial charge in [-0.25, -0.2) is 17.7 Å². The fourth-order valence-electron chi connectivity index (χ4n) is 5.83. The van der Waals surface area contributed by atoms with Crippen molar-refractivity contribution in [2.45, 2.75) is 37.7 Å². The quantitative estimate of drug-likeness (QED) is 0.0592. The molecule has 47 heavy (non-hydrogen) atoms. The van der Waals surface area contributed by atoms with Gasteiger partial charge in [0.05, 0.1) is 10.7 Å². The summed E-state index contributed by atoms with van der Waals surface area (Å²) in [6.45, 7) is 6.23. The Kier molecular flexibility index (Phi) is 9.17. The summed E-state index contributed by atoms with van der Waals surface area (Å²) in [6, 6.07) is 26.3. The molecule has 1 unspecified atom stereocenters. The van der Waals surface area contributed by atoms with Crippen molar-refractivity contribution in [2.24, 2.45) is 0 Å². The van der Waals surface area contributed by atoms with Crippen molar-refractivity contribution in [3.05, 3.63) is 137 Å². The summed E-state index contributed by atoms with van der Waals surface area (Å²) in [7, 11) is -8.35. The number of benzene rings is 4. The summed E-state index contributed by atoms with van der Waals surface area (Å²) in [5, 5.41) is 4.44. The predicted octanol–water partition coefficient (Wildman–Crippen LogP) is 8.71. The first kappa shape index (κ1) is 34.0. The van der Waals surface area contributed by atoms with E-state index in [2.05, 4.69) is 24.7 Å². The molecule has 1 atom stereocenters. The Hall–Kier alpha value is -4.37. The van der Waals surface area contributed by atoms with Gasteiger partial charge in [0.25, 0.3) is 0 Å². The highest BCUT2D eigenvalue weighted by atomic mass is 28.4. The average molecular weight is 679 g/mol. The Balaban J connectivity index is 0.000000807. The number of aromatic nitrogens is 3. The number of rotatable bonds is 6. The zero-order valence-electron chi connectivity index (χ0n) is 25.2. The lowest BCUT2D eigenvalue weighted by Crippen LogP contribution is -2.58. The second kappa shape index (κ2) is 12.7. The highest BCUT2D eigenvalue weighted by Crippen LogP contribution is 2.47. The summed E-state index contributed by atoms with van der Waals surface area (Å²) in [6.07, 6.45) is 1.73. The van der Waals surface area contributed by atoms with Crippen LogP contribution in [0.4, 0.5) is 39.2 Å². The van der Waals surface area contributed by atoms with Crippen LogP contribution >= 0.6 is 0 Å². The summed E-state index contributed by atoms with van der Waals surface area (Å²) < 4.78 is 121. The van der Waals surface area contributed by atoms with E-state index in [1.165, 1.54) is 6.33 Å². The Bertz CT molecular complexity index is 1820. The molecule has 0 fully saturated rings. The molecule has 0 N–H and O–H groups in total. The first-order valence-corrected chi connectivity index (χ1v) is 17.7. The summed E-state index contributed by atoms with van der Waals surface area (Å²) >= 11 is 0. The van der Waals surface area contributed by atoms with Gasteiger partial charge in [-0.2, -0.15) is 8.78 Å². The number of halogens is 9. The van der Waals surface area contributed by atoms with Crippen LogP contribution in [-0.2, 0) is 16.4 Å². The van der Waals surface area contributed by atoms with Gasteiger partial charge in [-0.05, 0) is 42.4 Å². The molecule has 4 aromatic carbocycles. The molecule has 0 spiro atoms. The lowest BCUT2D eigenvalue weighted by molar-refractivity contribution is -0.729. The van der Waals surface area contributed by atoms with E-state index in [0.29, 0.717) is 17.8 Å². The second-order valence-electron chi connectivity index (χ2n) is 11.8. The molecule has 2 heterocycles. The molecule has 246 valence electrons. The van der Waals surface area contributed by atoms with Gasteiger partial charge >= 0.3 is 13.1 Å². The van der Waals surface area contributed by atoms with Gasteiger partial charge in [0.2, 0.25) is 41.1 Å². The third-order valence-corrected chi connectivity index (χ3v) is 8.38. The van der Waals surface area contributed by atoms with Crippen LogP contribution in [0.5, 0.6) is 0 Å². The first-order chi connectivity index (χ1) is 22.0. The van der Waals surface area contributed by atoms with Crippen molar-refractivity contribution in [3.8, 4) is 17.1 Å². The standard InChI is InChI=1S/C32H27F5N3OSi.BF4/c1-42(2,3)41-32(21-13-6-4-7-14-21,22-15-8-5-9-16-22)24-18-20-12-10-11-17-23(20)31-38-40(19-39(24)31)30-28(36)26(34)25(33)27(35)29(30)37;2-1(3,4)5/h4-17,19,24H,18H2,1-3H3;/q+1;-1. The van der Waals surface area contributed by atoms with E-state index >= 15 is 8.78 Å². The molecule has 0 aliphatic carbocycles. The first-order valence-electron chi connectivity index (χ1n) is 14.3. The zero-order chi connectivity index (χ0) is 34.3. The average Bonchev–Trinajstić information content (AvgIpc) is 3.46. The maximum absolute atomic E-state index is 15.0. The molecule has 4 nitrogen and oxygen atoms in total. The highest BCUT2D eigenvalue weighted by Gasteiger charge is 2.52. The van der Waals surface area contributed by atoms with Crippen LogP contribution in [0.3, 0.4) is 0 Å². The van der Waals surface area contributed by atoms with E-state index in [0.717, 1.165) is 21.4 Å². The van der Waals surface area contributed by atoms with E-state index in [-0.39, 0.29) is 0 Å². The SMILES string of the molecule is C[Si](C)(C)OC(c1ccccc1)(c1ccccc1)C1Cc2ccccc2-c2nn(-c3c(F)c(F)c(F)c(F)c3F)c[n+]21.F[B-](F)(F)F. The normalized spacial score (nSPS) is 14.6. The van der Waals surface area contributed by atoms with Gasteiger partial charge in [-0.15, -0.1) is 0 Å². The van der Waals surface area contributed by atoms with Gasteiger partial charge in [0.1, 0.15) is 11.6 Å². The molecule has 0 bridgehead atoms. The molecular weight excluding hydrogens is 652 g/mol. The molecular formula is C32H27BF9N3OSi. The Morgan fingerprint density at radius 3 is 1.66 bits per heavy atom. The molecule has 0 amide bonds. The van der Waals surface area contributed by atoms with E-state index < -0.39 is 62.0 Å². The highest BCUT2D eigenvalue weighted by molar-refractivity contribution is 6.69. The van der Waals surface area contributed by atoms with E-state index in [1.807, 2.05) is 78.9 Å². The maximum atomic E-state index is 15.0. The van der Waals surface area contributed by atoms with Crippen molar-refractivity contribution in [1.82, 2.24) is 9.78 Å². The summed E-state index contributed by atoms with van der Waals surface area (Å²) in [5.41, 5.74) is 1.03. The van der Waals surface area contributed by atoms with Crippen LogP contribution in [0.2, 0.25) is 19.6 Å². The maximum Gasteiger partial charge on any atom is 0.673 e. The molecule has 1 aliphatic heterocycles. The monoisotopic (exact) mass is 679 g/mol. The Labute approximate surface area is 265 Å². The fraction of sp³-hybridized carbons (Fsp3) is 0.188. The van der Waals surface area contributed by atoms with E-state index in [1.54, 1.807) is 10.6 Å². The predicted molar refractivity (Wildman–Crippen MR) is 160 cm³/mol. The topological polar surface area (TPSA) is 30.9 Å². The van der Waals surface area contributed by atoms with Gasteiger partial charge in [-0.3, -0.25) is 0 Å². The third kappa shape index (κ3) is 6.72. The number of nitrogens with zero attached hydrogens (tertiary/aromatic N) is 3. The smallest absolute Gasteiger partial charge is 0.418 e. The lowest BCUT2D eigenvalue weighted by Gasteiger charge is -2.45. The van der Waals surface area contributed by atoms with Crippen LogP contribution < -0.4 is 4.57 Å². The minimum absolute atomic E-state index is 0.307. The van der Waals surface area contributed by atoms with Crippen LogP contribution in [0, 0.1) is 29.1 Å². The zero-order valence-corrected chi connectivity index (χ0v) is 26.2. The van der Waals surface area contributed by atoms with Crippen molar-refractivity contribution in [1.29, 1.82) is 0 Å². The number of fused-ring (bicyclic) bond motifs is 3. The molecule has 1 aliphatic rings. The van der Waals surface area contributed by atoms with E-state index in [4.69, 9.17) is 4.43 Å². The molecule has 15 heteroatoms. The second-order valence-corrected chi connectivity index (χ2v) is 16.2. The van der Waals surface area contributed by atoms with Crippen LogP contribution in [-0.4, -0.2) is 25.4 Å². The number of hydrogen-bond donors (Lipinski definition) is 0. The van der Waals surface area contributed by atoms with Crippen LogP contribution in [0.25, 0.3) is 17.1 Å². The molecule has 0 saturated carbocycles. The van der Waals surface area contributed by atoms with Crippen molar-refractivity contribution in [3.63, 3.8) is 0 Å². The van der Waals surface area contributed by atoms with Gasteiger partial charge in [-0.1, -0.05) is 83.5 Å². The minimum atomic E-state index is -6.00. The summed E-state index contributed by atoms with van der Waals surface area (Å²) in [5.74, 6) is -9.92. The van der Waals surface area contributed by atoms with Crippen LogP contribution in [0.1, 0.15) is 22.7 Å². The van der Waals surface area contributed by atoms with Gasteiger partial charge in [0, 0.05) is 6.42 Å². The van der Waals surface area contributed by atoms with Gasteiger partial charge in [0.15, 0.2) is 8.32 Å². The van der Waals surface area contributed by atoms with Crippen molar-refractivity contribution >= 4 is 15.6 Å². The van der Waals surface area contributed by atoms with Crippen LogP contribution in [0.15, 0.2) is 91.3 Å². The molecule has 1 aromatic heterocycles. The minimum Gasteiger partial charge on any atom is -0.418 e. The molecule has 0 radical (unpaired) electrons. The fourth-order valence-corrected chi connectivity index (χ4v) is 7.17. The number of hydrogen-bond acceptors (Lipinski definition) is 2. The van der Waals surface area contributed by atoms with E-state index in [9.17, 15) is 30.4 Å². The molecule has 5 aromatic rings. The Morgan fingerprint density at radius 1 is 0.723 bits per heavy atom. The largest absolute Gasteiger partial charge is 0.673 e. The third-order valence-electron chi connectivity index (χ3n) is 7.45. The van der Waals surface area contributed by atoms with Crippen molar-refractivity contribution in [2.75, 3.05) is 0 Å². The lowest BCUT2D eigenvalue weighted by atomic mass is 9.76. The Morgan fingerprint density at radius 2 is 1.17 bits per heavy atom. The summed E-state index contributed by atoms with van der Waals surface area (Å²) in [4.78, 5) is 0.